The van der Waals surface area contributed by atoms with Crippen LogP contribution in [-0.2, 0) is 4.74 Å². The summed E-state index contributed by atoms with van der Waals surface area (Å²) in [6.45, 7) is 1.06. The summed E-state index contributed by atoms with van der Waals surface area (Å²) in [7, 11) is 2.16. The van der Waals surface area contributed by atoms with E-state index in [-0.39, 0.29) is 46.9 Å². The summed E-state index contributed by atoms with van der Waals surface area (Å²) in [6.07, 6.45) is 8.69. The van der Waals surface area contributed by atoms with E-state index in [1.54, 1.807) is 23.0 Å². The van der Waals surface area contributed by atoms with Crippen LogP contribution in [0.5, 0.6) is 0 Å². The third kappa shape index (κ3) is 5.53. The van der Waals surface area contributed by atoms with Gasteiger partial charge in [0, 0.05) is 24.3 Å². The molecule has 2 N–H and O–H groups in total. The summed E-state index contributed by atoms with van der Waals surface area (Å²) in [4.78, 5) is 14.9. The Morgan fingerprint density at radius 2 is 2.05 bits per heavy atom. The van der Waals surface area contributed by atoms with Crippen LogP contribution in [0.4, 0.5) is 19.0 Å². The van der Waals surface area contributed by atoms with Crippen LogP contribution in [0, 0.1) is 11.8 Å². The molecule has 6 heterocycles. The Labute approximate surface area is 233 Å². The van der Waals surface area contributed by atoms with E-state index < -0.39 is 5.51 Å². The van der Waals surface area contributed by atoms with Gasteiger partial charge in [0.2, 0.25) is 0 Å². The van der Waals surface area contributed by atoms with Crippen molar-refractivity contribution in [1.29, 1.82) is 0 Å². The van der Waals surface area contributed by atoms with Gasteiger partial charge in [-0.1, -0.05) is 18.4 Å². The van der Waals surface area contributed by atoms with Gasteiger partial charge in [0.15, 0.2) is 0 Å². The van der Waals surface area contributed by atoms with Crippen molar-refractivity contribution >= 4 is 29.0 Å². The second-order valence-corrected chi connectivity index (χ2v) is 11.5. The minimum absolute atomic E-state index is 0.0159. The molecule has 0 unspecified atom stereocenters. The number of carbonyl (C=O) groups is 1. The van der Waals surface area contributed by atoms with Crippen LogP contribution in [0.15, 0.2) is 35.5 Å². The highest BCUT2D eigenvalue weighted by Gasteiger charge is 2.38. The van der Waals surface area contributed by atoms with Crippen LogP contribution in [0.2, 0.25) is 0 Å². The van der Waals surface area contributed by atoms with Crippen molar-refractivity contribution in [3.05, 3.63) is 41.9 Å². The molecule has 40 heavy (non-hydrogen) atoms. The SMILES string of the molecule is CN1[C@H]2CCC[C@@H]1[C@H](Nc1cccc3c(SC(F)(F)F)c(C#CCNC(=O)c4cnn(C5COC5)c4)nn13)CC2. The van der Waals surface area contributed by atoms with E-state index in [0.717, 1.165) is 19.3 Å². The molecule has 3 saturated heterocycles. The zero-order valence-electron chi connectivity index (χ0n) is 21.9. The van der Waals surface area contributed by atoms with Crippen LogP contribution in [0.1, 0.15) is 54.2 Å². The molecule has 212 valence electrons. The minimum atomic E-state index is -4.51. The van der Waals surface area contributed by atoms with Crippen LogP contribution in [0.3, 0.4) is 0 Å². The lowest BCUT2D eigenvalue weighted by molar-refractivity contribution is -0.0328. The number of piperidine rings is 2. The maximum absolute atomic E-state index is 13.5. The number of nitrogens with zero attached hydrogens (tertiary/aromatic N) is 5. The normalized spacial score (nSPS) is 23.4. The maximum atomic E-state index is 13.5. The first-order valence-electron chi connectivity index (χ1n) is 13.4. The first-order valence-corrected chi connectivity index (χ1v) is 14.2. The number of aromatic nitrogens is 4. The van der Waals surface area contributed by atoms with Gasteiger partial charge in [0.1, 0.15) is 11.5 Å². The predicted molar refractivity (Wildman–Crippen MR) is 144 cm³/mol. The number of hydrogen-bond donors (Lipinski definition) is 2. The van der Waals surface area contributed by atoms with Crippen LogP contribution < -0.4 is 10.6 Å². The van der Waals surface area contributed by atoms with E-state index in [1.807, 2.05) is 6.07 Å². The first kappa shape index (κ1) is 27.0. The van der Waals surface area contributed by atoms with Gasteiger partial charge in [-0.15, -0.1) is 0 Å². The summed E-state index contributed by atoms with van der Waals surface area (Å²) >= 11 is -0.223. The average Bonchev–Trinajstić information content (AvgIpc) is 3.47. The smallest absolute Gasteiger partial charge is 0.377 e. The molecule has 0 radical (unpaired) electrons. The largest absolute Gasteiger partial charge is 0.446 e. The number of thioether (sulfide) groups is 1. The van der Waals surface area contributed by atoms with E-state index in [1.165, 1.54) is 23.6 Å². The van der Waals surface area contributed by atoms with Crippen LogP contribution in [0.25, 0.3) is 5.52 Å². The molecule has 0 spiro atoms. The molecule has 3 atom stereocenters. The lowest BCUT2D eigenvalue weighted by Gasteiger charge is -2.48. The minimum Gasteiger partial charge on any atom is -0.377 e. The zero-order valence-corrected chi connectivity index (χ0v) is 22.8. The molecular weight excluding hydrogens is 543 g/mol. The second-order valence-electron chi connectivity index (χ2n) is 10.5. The number of anilines is 1. The molecule has 2 bridgehead atoms. The average molecular weight is 574 g/mol. The lowest BCUT2D eigenvalue weighted by Crippen LogP contribution is -2.56. The fourth-order valence-electron chi connectivity index (χ4n) is 5.84. The van der Waals surface area contributed by atoms with Crippen molar-refractivity contribution in [2.75, 3.05) is 32.1 Å². The van der Waals surface area contributed by atoms with Crippen molar-refractivity contribution in [1.82, 2.24) is 29.6 Å². The van der Waals surface area contributed by atoms with Gasteiger partial charge in [-0.25, -0.2) is 4.52 Å². The van der Waals surface area contributed by atoms with Gasteiger partial charge >= 0.3 is 5.51 Å². The number of hydrogen-bond acceptors (Lipinski definition) is 7. The van der Waals surface area contributed by atoms with Gasteiger partial charge < -0.3 is 15.4 Å². The van der Waals surface area contributed by atoms with E-state index in [4.69, 9.17) is 4.74 Å². The summed E-state index contributed by atoms with van der Waals surface area (Å²) in [5.74, 6) is 5.79. The van der Waals surface area contributed by atoms with Crippen molar-refractivity contribution in [3.8, 4) is 11.8 Å². The van der Waals surface area contributed by atoms with Gasteiger partial charge in [0.25, 0.3) is 5.91 Å². The Morgan fingerprint density at radius 1 is 1.20 bits per heavy atom. The van der Waals surface area contributed by atoms with E-state index >= 15 is 0 Å². The van der Waals surface area contributed by atoms with Crippen molar-refractivity contribution in [2.24, 2.45) is 0 Å². The lowest BCUT2D eigenvalue weighted by atomic mass is 9.82. The van der Waals surface area contributed by atoms with E-state index in [2.05, 4.69) is 44.6 Å². The Kier molecular flexibility index (Phi) is 7.41. The molecule has 6 rings (SSSR count). The molecule has 3 aliphatic rings. The number of rotatable bonds is 6. The molecule has 3 fully saturated rings. The van der Waals surface area contributed by atoms with Crippen molar-refractivity contribution < 1.29 is 22.7 Å². The third-order valence-electron chi connectivity index (χ3n) is 7.98. The Bertz CT molecular complexity index is 1460. The summed E-state index contributed by atoms with van der Waals surface area (Å²) in [5.41, 5.74) is -3.78. The van der Waals surface area contributed by atoms with Crippen molar-refractivity contribution in [3.63, 3.8) is 0 Å². The molecule has 3 aliphatic heterocycles. The molecule has 3 aromatic heterocycles. The highest BCUT2D eigenvalue weighted by atomic mass is 32.2. The summed E-state index contributed by atoms with van der Waals surface area (Å²) in [6, 6.07) is 6.48. The van der Waals surface area contributed by atoms with E-state index in [9.17, 15) is 18.0 Å². The first-order chi connectivity index (χ1) is 19.3. The number of likely N-dealkylation sites (N-methyl/N-ethyl adjacent to an activating group) is 1. The molecule has 1 amide bonds. The topological polar surface area (TPSA) is 88.7 Å². The Balaban J connectivity index is 1.21. The number of ether oxygens (including phenoxy) is 1. The molecule has 13 heteroatoms. The number of alkyl halides is 3. The number of carbonyl (C=O) groups excluding carboxylic acids is 1. The van der Waals surface area contributed by atoms with Crippen LogP contribution in [-0.4, -0.2) is 80.6 Å². The van der Waals surface area contributed by atoms with Gasteiger partial charge in [0.05, 0.1) is 48.0 Å². The molecule has 0 aromatic carbocycles. The highest BCUT2D eigenvalue weighted by Crippen LogP contribution is 2.41. The van der Waals surface area contributed by atoms with E-state index in [0.29, 0.717) is 42.2 Å². The monoisotopic (exact) mass is 573 g/mol. The van der Waals surface area contributed by atoms with Gasteiger partial charge in [-0.3, -0.25) is 14.4 Å². The zero-order chi connectivity index (χ0) is 27.9. The standard InChI is InChI=1S/C27H30F3N7O2S/c1-35-18-5-2-7-22(35)20(11-10-18)33-24-9-3-8-23-25(40-27(28,29)30)21(34-37(23)24)6-4-12-31-26(38)17-13-32-36(14-17)19-15-39-16-19/h3,8-9,13-14,18-20,22,33H,2,5,7,10-12,15-16H2,1H3,(H,31,38)/t18-,20+,22+/m0/s1. The predicted octanol–water partition coefficient (Wildman–Crippen LogP) is 3.92. The summed E-state index contributed by atoms with van der Waals surface area (Å²) < 4.78 is 49.0. The number of amides is 1. The molecule has 9 nitrogen and oxygen atoms in total. The Hall–Kier alpha value is -3.21. The molecule has 0 saturated carbocycles. The molecule has 0 aliphatic carbocycles. The fourth-order valence-corrected chi connectivity index (χ4v) is 6.52. The van der Waals surface area contributed by atoms with Crippen molar-refractivity contribution in [2.45, 2.75) is 66.7 Å². The quantitative estimate of drug-likeness (QED) is 0.341. The van der Waals surface area contributed by atoms with Crippen LogP contribution >= 0.6 is 11.8 Å². The number of fused-ring (bicyclic) bond motifs is 3. The summed E-state index contributed by atoms with van der Waals surface area (Å²) in [5, 5.41) is 14.9. The maximum Gasteiger partial charge on any atom is 0.446 e. The van der Waals surface area contributed by atoms with Gasteiger partial charge in [-0.05, 0) is 62.5 Å². The third-order valence-corrected chi connectivity index (χ3v) is 8.82. The highest BCUT2D eigenvalue weighted by molar-refractivity contribution is 8.00. The van der Waals surface area contributed by atoms with Gasteiger partial charge in [-0.2, -0.15) is 23.4 Å². The second kappa shape index (κ2) is 11.0. The molecular formula is C27H30F3N7O2S. The molecule has 3 aromatic rings. The Morgan fingerprint density at radius 3 is 2.83 bits per heavy atom. The number of halogens is 3. The number of nitrogens with one attached hydrogen (secondary N) is 2. The fraction of sp³-hybridized carbons (Fsp3) is 0.519. The number of pyridine rings is 1.